The number of nitrogens with zero attached hydrogens (tertiary/aromatic N) is 2. The fourth-order valence-electron chi connectivity index (χ4n) is 3.46. The highest BCUT2D eigenvalue weighted by Crippen LogP contribution is 2.29. The minimum absolute atomic E-state index is 0.645. The highest BCUT2D eigenvalue weighted by Gasteiger charge is 2.24. The van der Waals surface area contributed by atoms with Gasteiger partial charge in [0.25, 0.3) is 0 Å². The SMILES string of the molecule is CCCCCCCCC[n+]1cccc([C@@H]2CCCN2C)c1. The first-order valence-corrected chi connectivity index (χ1v) is 9.00. The Labute approximate surface area is 131 Å². The van der Waals surface area contributed by atoms with Crippen LogP contribution in [0.2, 0.25) is 0 Å². The Morgan fingerprint density at radius 3 is 2.62 bits per heavy atom. The number of aromatic nitrogens is 1. The summed E-state index contributed by atoms with van der Waals surface area (Å²) >= 11 is 0. The summed E-state index contributed by atoms with van der Waals surface area (Å²) in [6.45, 7) is 4.71. The summed E-state index contributed by atoms with van der Waals surface area (Å²) in [6.07, 6.45) is 17.0. The maximum atomic E-state index is 2.49. The van der Waals surface area contributed by atoms with E-state index in [2.05, 4.69) is 48.0 Å². The van der Waals surface area contributed by atoms with E-state index in [4.69, 9.17) is 0 Å². The van der Waals surface area contributed by atoms with Crippen LogP contribution >= 0.6 is 0 Å². The second kappa shape index (κ2) is 9.19. The molecular formula is C19H33N2+. The highest BCUT2D eigenvalue weighted by molar-refractivity contribution is 5.12. The van der Waals surface area contributed by atoms with Crippen molar-refractivity contribution in [1.29, 1.82) is 0 Å². The molecule has 1 atom stereocenters. The van der Waals surface area contributed by atoms with E-state index in [0.717, 1.165) is 0 Å². The zero-order chi connectivity index (χ0) is 14.9. The molecule has 0 aliphatic carbocycles. The van der Waals surface area contributed by atoms with Gasteiger partial charge in [-0.05, 0) is 38.9 Å². The van der Waals surface area contributed by atoms with Crippen LogP contribution in [0.3, 0.4) is 0 Å². The molecule has 2 heterocycles. The van der Waals surface area contributed by atoms with Crippen LogP contribution in [0.25, 0.3) is 0 Å². The van der Waals surface area contributed by atoms with Crippen molar-refractivity contribution in [2.45, 2.75) is 77.3 Å². The maximum Gasteiger partial charge on any atom is 0.173 e. The molecule has 1 aromatic heterocycles. The van der Waals surface area contributed by atoms with Crippen molar-refractivity contribution in [2.24, 2.45) is 0 Å². The van der Waals surface area contributed by atoms with Crippen molar-refractivity contribution in [1.82, 2.24) is 4.90 Å². The molecule has 2 nitrogen and oxygen atoms in total. The Kier molecular flexibility index (Phi) is 7.21. The van der Waals surface area contributed by atoms with Crippen LogP contribution in [-0.4, -0.2) is 18.5 Å². The van der Waals surface area contributed by atoms with E-state index in [1.807, 2.05) is 0 Å². The Hall–Kier alpha value is -0.890. The van der Waals surface area contributed by atoms with Crippen molar-refractivity contribution >= 4 is 0 Å². The third-order valence-corrected chi connectivity index (χ3v) is 4.81. The van der Waals surface area contributed by atoms with Crippen LogP contribution in [0.15, 0.2) is 24.5 Å². The van der Waals surface area contributed by atoms with Crippen LogP contribution in [0, 0.1) is 0 Å². The minimum atomic E-state index is 0.645. The zero-order valence-electron chi connectivity index (χ0n) is 14.1. The molecule has 0 unspecified atom stereocenters. The Bertz CT molecular complexity index is 402. The normalized spacial score (nSPS) is 19.2. The summed E-state index contributed by atoms with van der Waals surface area (Å²) in [7, 11) is 2.26. The minimum Gasteiger partial charge on any atom is -0.299 e. The molecule has 2 heteroatoms. The average Bonchev–Trinajstić information content (AvgIpc) is 2.93. The number of pyridine rings is 1. The molecule has 0 radical (unpaired) electrons. The van der Waals surface area contributed by atoms with Gasteiger partial charge in [-0.2, -0.15) is 0 Å². The van der Waals surface area contributed by atoms with Gasteiger partial charge in [-0.15, -0.1) is 0 Å². The van der Waals surface area contributed by atoms with Gasteiger partial charge in [0.05, 0.1) is 0 Å². The van der Waals surface area contributed by atoms with E-state index in [1.165, 1.54) is 76.4 Å². The summed E-state index contributed by atoms with van der Waals surface area (Å²) in [6, 6.07) is 5.17. The van der Waals surface area contributed by atoms with Crippen LogP contribution in [0.5, 0.6) is 0 Å². The first-order chi connectivity index (χ1) is 10.3. The number of rotatable bonds is 9. The lowest BCUT2D eigenvalue weighted by Crippen LogP contribution is -2.34. The topological polar surface area (TPSA) is 7.12 Å². The fraction of sp³-hybridized carbons (Fsp3) is 0.737. The molecule has 0 N–H and O–H groups in total. The number of hydrogen-bond acceptors (Lipinski definition) is 1. The summed E-state index contributed by atoms with van der Waals surface area (Å²) in [5.74, 6) is 0. The third kappa shape index (κ3) is 5.43. The van der Waals surface area contributed by atoms with Crippen LogP contribution in [-0.2, 0) is 6.54 Å². The van der Waals surface area contributed by atoms with Crippen LogP contribution in [0.4, 0.5) is 0 Å². The molecule has 0 aromatic carbocycles. The summed E-state index contributed by atoms with van der Waals surface area (Å²) in [4.78, 5) is 2.49. The van der Waals surface area contributed by atoms with Gasteiger partial charge in [-0.1, -0.05) is 39.0 Å². The standard InChI is InChI=1S/C19H33N2/c1-3-4-5-6-7-8-9-15-21-16-10-12-18(17-21)19-13-11-14-20(19)2/h10,12,16-17,19H,3-9,11,13-15H2,1-2H3/q+1/t19-/m0/s1. The lowest BCUT2D eigenvalue weighted by Gasteiger charge is -2.18. The zero-order valence-corrected chi connectivity index (χ0v) is 14.1. The van der Waals surface area contributed by atoms with Gasteiger partial charge in [0.2, 0.25) is 0 Å². The number of aryl methyl sites for hydroxylation is 1. The van der Waals surface area contributed by atoms with Gasteiger partial charge in [0, 0.05) is 24.1 Å². The van der Waals surface area contributed by atoms with Gasteiger partial charge in [0.15, 0.2) is 12.4 Å². The summed E-state index contributed by atoms with van der Waals surface area (Å²) in [5.41, 5.74) is 1.50. The second-order valence-electron chi connectivity index (χ2n) is 6.64. The van der Waals surface area contributed by atoms with Gasteiger partial charge in [0.1, 0.15) is 6.54 Å². The summed E-state index contributed by atoms with van der Waals surface area (Å²) < 4.78 is 2.40. The molecule has 2 rings (SSSR count). The Balaban J connectivity index is 1.71. The van der Waals surface area contributed by atoms with Crippen LogP contribution in [0.1, 0.15) is 76.3 Å². The third-order valence-electron chi connectivity index (χ3n) is 4.81. The summed E-state index contributed by atoms with van der Waals surface area (Å²) in [5, 5.41) is 0. The first-order valence-electron chi connectivity index (χ1n) is 9.00. The fourth-order valence-corrected chi connectivity index (χ4v) is 3.46. The van der Waals surface area contributed by atoms with E-state index in [-0.39, 0.29) is 0 Å². The van der Waals surface area contributed by atoms with Gasteiger partial charge in [-0.3, -0.25) is 4.90 Å². The largest absolute Gasteiger partial charge is 0.299 e. The average molecular weight is 289 g/mol. The van der Waals surface area contributed by atoms with Gasteiger partial charge >= 0.3 is 0 Å². The van der Waals surface area contributed by atoms with Crippen molar-refractivity contribution in [2.75, 3.05) is 13.6 Å². The number of hydrogen-bond donors (Lipinski definition) is 0. The predicted octanol–water partition coefficient (Wildman–Crippen LogP) is 4.49. The van der Waals surface area contributed by atoms with E-state index >= 15 is 0 Å². The molecule has 1 aromatic rings. The van der Waals surface area contributed by atoms with E-state index in [9.17, 15) is 0 Å². The molecule has 0 amide bonds. The van der Waals surface area contributed by atoms with Crippen LogP contribution < -0.4 is 4.57 Å². The molecule has 21 heavy (non-hydrogen) atoms. The molecular weight excluding hydrogens is 256 g/mol. The molecule has 1 fully saturated rings. The number of unbranched alkanes of at least 4 members (excludes halogenated alkanes) is 6. The van der Waals surface area contributed by atoms with E-state index in [0.29, 0.717) is 6.04 Å². The van der Waals surface area contributed by atoms with Gasteiger partial charge in [-0.25, -0.2) is 4.57 Å². The van der Waals surface area contributed by atoms with Gasteiger partial charge < -0.3 is 0 Å². The molecule has 1 aliphatic heterocycles. The van der Waals surface area contributed by atoms with Crippen molar-refractivity contribution in [3.05, 3.63) is 30.1 Å². The van der Waals surface area contributed by atoms with Crippen molar-refractivity contribution < 1.29 is 4.57 Å². The molecule has 0 spiro atoms. The first kappa shape index (κ1) is 16.5. The molecule has 118 valence electrons. The highest BCUT2D eigenvalue weighted by atomic mass is 15.1. The molecule has 0 bridgehead atoms. The smallest absolute Gasteiger partial charge is 0.173 e. The molecule has 1 aliphatic rings. The van der Waals surface area contributed by atoms with Crippen molar-refractivity contribution in [3.63, 3.8) is 0 Å². The number of likely N-dealkylation sites (tertiary alicyclic amines) is 1. The molecule has 1 saturated heterocycles. The Morgan fingerprint density at radius 1 is 1.14 bits per heavy atom. The predicted molar refractivity (Wildman–Crippen MR) is 89.2 cm³/mol. The Morgan fingerprint density at radius 2 is 1.90 bits per heavy atom. The van der Waals surface area contributed by atoms with E-state index < -0.39 is 0 Å². The quantitative estimate of drug-likeness (QED) is 0.480. The lowest BCUT2D eigenvalue weighted by atomic mass is 10.1. The second-order valence-corrected chi connectivity index (χ2v) is 6.64. The molecule has 0 saturated carbocycles. The van der Waals surface area contributed by atoms with E-state index in [1.54, 1.807) is 0 Å². The lowest BCUT2D eigenvalue weighted by molar-refractivity contribution is -0.697. The maximum absolute atomic E-state index is 2.49. The monoisotopic (exact) mass is 289 g/mol. The van der Waals surface area contributed by atoms with Crippen molar-refractivity contribution in [3.8, 4) is 0 Å².